The summed E-state index contributed by atoms with van der Waals surface area (Å²) in [5, 5.41) is 0.563. The largest absolute Gasteiger partial charge is 0.496 e. The Balaban J connectivity index is 1.90. The van der Waals surface area contributed by atoms with Gasteiger partial charge in [-0.1, -0.05) is 35.1 Å². The van der Waals surface area contributed by atoms with Gasteiger partial charge in [0.05, 0.1) is 35.1 Å². The Morgan fingerprint density at radius 3 is 2.47 bits per heavy atom. The Morgan fingerprint density at radius 2 is 1.87 bits per heavy atom. The van der Waals surface area contributed by atoms with Gasteiger partial charge in [-0.05, 0) is 70.5 Å². The number of ether oxygens (including phenoxy) is 2. The Hall–Kier alpha value is -3.36. The number of fused-ring (bicyclic) bond motifs is 1. The number of allylic oxidation sites excluding steroid dienone is 1. The number of thiazole rings is 1. The first-order valence-electron chi connectivity index (χ1n) is 12.6. The van der Waals surface area contributed by atoms with E-state index >= 15 is 0 Å². The van der Waals surface area contributed by atoms with Crippen LogP contribution in [-0.4, -0.2) is 36.8 Å². The minimum absolute atomic E-state index is 0.245. The molecule has 1 aromatic heterocycles. The van der Waals surface area contributed by atoms with Gasteiger partial charge in [-0.25, -0.2) is 9.79 Å². The van der Waals surface area contributed by atoms with E-state index in [-0.39, 0.29) is 11.7 Å². The number of carbonyl (C=O) groups is 1. The van der Waals surface area contributed by atoms with E-state index in [4.69, 9.17) is 21.1 Å². The number of hydrogen-bond acceptors (Lipinski definition) is 7. The second-order valence-electron chi connectivity index (χ2n) is 9.19. The fraction of sp³-hybridized carbons (Fsp3) is 0.345. The van der Waals surface area contributed by atoms with Crippen LogP contribution in [0.3, 0.4) is 0 Å². The van der Waals surface area contributed by atoms with Crippen molar-refractivity contribution < 1.29 is 14.3 Å². The average Bonchev–Trinajstić information content (AvgIpc) is 3.18. The van der Waals surface area contributed by atoms with Crippen molar-refractivity contribution in [2.45, 2.75) is 46.8 Å². The summed E-state index contributed by atoms with van der Waals surface area (Å²) in [6, 6.07) is 12.4. The molecule has 1 aliphatic heterocycles. The van der Waals surface area contributed by atoms with Crippen LogP contribution in [0.25, 0.3) is 6.08 Å². The van der Waals surface area contributed by atoms with Gasteiger partial charge in [-0.3, -0.25) is 9.36 Å². The van der Waals surface area contributed by atoms with Gasteiger partial charge < -0.3 is 14.4 Å². The molecule has 0 bridgehead atoms. The van der Waals surface area contributed by atoms with Crippen LogP contribution in [0.4, 0.5) is 5.69 Å². The minimum Gasteiger partial charge on any atom is -0.496 e. The highest BCUT2D eigenvalue weighted by Crippen LogP contribution is 2.32. The van der Waals surface area contributed by atoms with E-state index in [1.165, 1.54) is 11.3 Å². The van der Waals surface area contributed by atoms with Crippen LogP contribution in [0.15, 0.2) is 63.5 Å². The van der Waals surface area contributed by atoms with E-state index in [0.717, 1.165) is 29.9 Å². The SMILES string of the molecule is CCN(CC)c1ccc(/C=c2\sc3n(c2=O)[C@@H](c2ccc(Cl)cc2)C(C(=O)OC(C)C)=C(C)N=3)c(OC)c1. The zero-order chi connectivity index (χ0) is 27.6. The van der Waals surface area contributed by atoms with Gasteiger partial charge in [0.25, 0.3) is 5.56 Å². The first-order chi connectivity index (χ1) is 18.2. The number of halogens is 1. The minimum atomic E-state index is -0.691. The molecule has 0 spiro atoms. The van der Waals surface area contributed by atoms with Crippen LogP contribution in [-0.2, 0) is 9.53 Å². The smallest absolute Gasteiger partial charge is 0.338 e. The molecule has 0 unspecified atom stereocenters. The molecule has 200 valence electrons. The van der Waals surface area contributed by atoms with Crippen LogP contribution >= 0.6 is 22.9 Å². The molecule has 38 heavy (non-hydrogen) atoms. The second-order valence-corrected chi connectivity index (χ2v) is 10.6. The number of methoxy groups -OCH3 is 1. The van der Waals surface area contributed by atoms with Gasteiger partial charge in [0, 0.05) is 35.4 Å². The van der Waals surface area contributed by atoms with E-state index in [2.05, 4.69) is 23.7 Å². The molecule has 2 heterocycles. The summed E-state index contributed by atoms with van der Waals surface area (Å²) in [6.45, 7) is 11.3. The summed E-state index contributed by atoms with van der Waals surface area (Å²) in [7, 11) is 1.62. The molecule has 0 radical (unpaired) electrons. The molecular formula is C29H32ClN3O4S. The van der Waals surface area contributed by atoms with E-state index in [1.54, 1.807) is 44.6 Å². The Morgan fingerprint density at radius 1 is 1.18 bits per heavy atom. The number of hydrogen-bond donors (Lipinski definition) is 0. The lowest BCUT2D eigenvalue weighted by molar-refractivity contribution is -0.143. The number of anilines is 1. The molecule has 1 atom stereocenters. The molecular weight excluding hydrogens is 522 g/mol. The van der Waals surface area contributed by atoms with Gasteiger partial charge in [0.2, 0.25) is 0 Å². The molecule has 2 aromatic carbocycles. The maximum Gasteiger partial charge on any atom is 0.338 e. The van der Waals surface area contributed by atoms with Crippen LogP contribution < -0.4 is 24.5 Å². The predicted octanol–water partition coefficient (Wildman–Crippen LogP) is 4.70. The van der Waals surface area contributed by atoms with Gasteiger partial charge in [0.15, 0.2) is 4.80 Å². The summed E-state index contributed by atoms with van der Waals surface area (Å²) < 4.78 is 13.3. The van der Waals surface area contributed by atoms with Gasteiger partial charge in [-0.15, -0.1) is 0 Å². The van der Waals surface area contributed by atoms with Crippen LogP contribution in [0.2, 0.25) is 5.02 Å². The molecule has 0 N–H and O–H groups in total. The number of esters is 1. The van der Waals surface area contributed by atoms with Crippen molar-refractivity contribution in [1.82, 2.24) is 4.57 Å². The zero-order valence-electron chi connectivity index (χ0n) is 22.4. The summed E-state index contributed by atoms with van der Waals surface area (Å²) in [6.07, 6.45) is 1.50. The molecule has 1 aliphatic rings. The topological polar surface area (TPSA) is 73.1 Å². The Bertz CT molecular complexity index is 1550. The predicted molar refractivity (Wildman–Crippen MR) is 153 cm³/mol. The van der Waals surface area contributed by atoms with Crippen LogP contribution in [0, 0.1) is 0 Å². The van der Waals surface area contributed by atoms with Gasteiger partial charge in [-0.2, -0.15) is 0 Å². The lowest BCUT2D eigenvalue weighted by Gasteiger charge is -2.25. The number of rotatable bonds is 8. The Labute approximate surface area is 231 Å². The third-order valence-electron chi connectivity index (χ3n) is 6.40. The lowest BCUT2D eigenvalue weighted by Crippen LogP contribution is -2.40. The first kappa shape index (κ1) is 27.7. The maximum atomic E-state index is 13.9. The van der Waals surface area contributed by atoms with Crippen molar-refractivity contribution in [3.63, 3.8) is 0 Å². The lowest BCUT2D eigenvalue weighted by atomic mass is 9.96. The number of aromatic nitrogens is 1. The summed E-state index contributed by atoms with van der Waals surface area (Å²) in [5.74, 6) is 0.177. The summed E-state index contributed by atoms with van der Waals surface area (Å²) in [4.78, 5) is 34.5. The molecule has 9 heteroatoms. The van der Waals surface area contributed by atoms with E-state index in [0.29, 0.717) is 31.4 Å². The third-order valence-corrected chi connectivity index (χ3v) is 7.64. The quantitative estimate of drug-likeness (QED) is 0.378. The van der Waals surface area contributed by atoms with E-state index in [1.807, 2.05) is 36.4 Å². The number of benzene rings is 2. The summed E-state index contributed by atoms with van der Waals surface area (Å²) in [5.41, 5.74) is 3.19. The van der Waals surface area contributed by atoms with Crippen molar-refractivity contribution in [3.05, 3.63) is 89.6 Å². The fourth-order valence-electron chi connectivity index (χ4n) is 4.57. The molecule has 0 fully saturated rings. The van der Waals surface area contributed by atoms with E-state index < -0.39 is 12.0 Å². The van der Waals surface area contributed by atoms with Gasteiger partial charge in [0.1, 0.15) is 5.75 Å². The zero-order valence-corrected chi connectivity index (χ0v) is 24.0. The van der Waals surface area contributed by atoms with Crippen molar-refractivity contribution >= 4 is 40.7 Å². The highest BCUT2D eigenvalue weighted by molar-refractivity contribution is 7.07. The van der Waals surface area contributed by atoms with E-state index in [9.17, 15) is 9.59 Å². The molecule has 0 saturated heterocycles. The number of nitrogens with zero attached hydrogens (tertiary/aromatic N) is 3. The van der Waals surface area contributed by atoms with Gasteiger partial charge >= 0.3 is 5.97 Å². The molecule has 4 rings (SSSR count). The van der Waals surface area contributed by atoms with Crippen molar-refractivity contribution in [2.24, 2.45) is 4.99 Å². The Kier molecular flexibility index (Phi) is 8.43. The number of carbonyl (C=O) groups excluding carboxylic acids is 1. The van der Waals surface area contributed by atoms with Crippen molar-refractivity contribution in [3.8, 4) is 5.75 Å². The third kappa shape index (κ3) is 5.42. The highest BCUT2D eigenvalue weighted by atomic mass is 35.5. The molecule has 0 saturated carbocycles. The van der Waals surface area contributed by atoms with Crippen LogP contribution in [0.5, 0.6) is 5.75 Å². The monoisotopic (exact) mass is 553 g/mol. The molecule has 7 nitrogen and oxygen atoms in total. The van der Waals surface area contributed by atoms with Crippen molar-refractivity contribution in [1.29, 1.82) is 0 Å². The summed E-state index contributed by atoms with van der Waals surface area (Å²) >= 11 is 7.42. The molecule has 0 aliphatic carbocycles. The normalized spacial score (nSPS) is 15.4. The molecule has 3 aromatic rings. The fourth-order valence-corrected chi connectivity index (χ4v) is 5.73. The van der Waals surface area contributed by atoms with Crippen molar-refractivity contribution in [2.75, 3.05) is 25.1 Å². The first-order valence-corrected chi connectivity index (χ1v) is 13.8. The maximum absolute atomic E-state index is 13.9. The second kappa shape index (κ2) is 11.6. The average molecular weight is 554 g/mol. The highest BCUT2D eigenvalue weighted by Gasteiger charge is 2.33. The standard InChI is InChI=1S/C29H32ClN3O4S/c1-7-32(8-2)22-14-11-20(23(16-22)36-6)15-24-27(34)33-26(19-9-12-21(30)13-10-19)25(28(35)37-17(3)4)18(5)31-29(33)38-24/h9-17,26H,7-8H2,1-6H3/b24-15-/t26-/m0/s1. The van der Waals surface area contributed by atoms with Crippen LogP contribution in [0.1, 0.15) is 51.8 Å². The molecule has 0 amide bonds.